The van der Waals surface area contributed by atoms with Crippen LogP contribution in [0.3, 0.4) is 0 Å². The molecule has 1 heterocycles. The molecule has 0 aliphatic carbocycles. The number of anilines is 2. The third-order valence-corrected chi connectivity index (χ3v) is 2.27. The molecule has 1 aromatic rings. The minimum Gasteiger partial charge on any atom is -0.444 e. The molecule has 1 amide bonds. The molecule has 1 aliphatic rings. The molecule has 0 radical (unpaired) electrons. The van der Waals surface area contributed by atoms with Gasteiger partial charge in [-0.1, -0.05) is 0 Å². The summed E-state index contributed by atoms with van der Waals surface area (Å²) in [5.74, 6) is 0. The summed E-state index contributed by atoms with van der Waals surface area (Å²) < 4.78 is 71.1. The minimum atomic E-state index is -3.29. The molecular formula is C15H23N3O2. The van der Waals surface area contributed by atoms with Crippen molar-refractivity contribution < 1.29 is 20.5 Å². The Balaban J connectivity index is 2.68. The highest BCUT2D eigenvalue weighted by Gasteiger charge is 2.25. The number of carbonyl (C=O) groups is 1. The molecule has 0 saturated carbocycles. The quantitative estimate of drug-likeness (QED) is 0.805. The third kappa shape index (κ3) is 3.79. The predicted molar refractivity (Wildman–Crippen MR) is 80.9 cm³/mol. The summed E-state index contributed by atoms with van der Waals surface area (Å²) in [6.45, 7) is -8.46. The van der Waals surface area contributed by atoms with Crippen LogP contribution in [-0.4, -0.2) is 42.6 Å². The molecule has 0 atom stereocenters. The lowest BCUT2D eigenvalue weighted by Crippen LogP contribution is -2.50. The van der Waals surface area contributed by atoms with Gasteiger partial charge in [-0.05, 0) is 45.0 Å². The Morgan fingerprint density at radius 1 is 1.20 bits per heavy atom. The Morgan fingerprint density at radius 3 is 2.25 bits per heavy atom. The normalized spacial score (nSPS) is 32.1. The molecule has 2 rings (SSSR count). The zero-order valence-electron chi connectivity index (χ0n) is 19.6. The van der Waals surface area contributed by atoms with E-state index in [9.17, 15) is 4.79 Å². The summed E-state index contributed by atoms with van der Waals surface area (Å²) >= 11 is 0. The van der Waals surface area contributed by atoms with Crippen LogP contribution in [0.2, 0.25) is 0 Å². The van der Waals surface area contributed by atoms with Gasteiger partial charge in [0.25, 0.3) is 0 Å². The third-order valence-electron chi connectivity index (χ3n) is 2.27. The maximum atomic E-state index is 12.6. The monoisotopic (exact) mass is 285 g/mol. The van der Waals surface area contributed by atoms with Gasteiger partial charge in [0, 0.05) is 37.4 Å². The van der Waals surface area contributed by atoms with Crippen LogP contribution in [-0.2, 0) is 4.74 Å². The molecule has 0 aromatic heterocycles. The number of carbonyl (C=O) groups excluding carboxylic acids is 1. The van der Waals surface area contributed by atoms with Crippen LogP contribution in [0.25, 0.3) is 0 Å². The fourth-order valence-electron chi connectivity index (χ4n) is 1.41. The SMILES string of the molecule is [2H]C1([2H])N(C(=O)OC(C)(C)C)C([2H])([2H])C([2H])([2H])N(c2ccc(N)cc2)C1([2H])[2H]. The van der Waals surface area contributed by atoms with Crippen molar-refractivity contribution in [2.75, 3.05) is 36.6 Å². The number of nitrogens with two attached hydrogens (primary N) is 1. The summed E-state index contributed by atoms with van der Waals surface area (Å²) in [4.78, 5) is 12.8. The van der Waals surface area contributed by atoms with Crippen molar-refractivity contribution >= 4 is 17.5 Å². The molecule has 20 heavy (non-hydrogen) atoms. The number of hydrogen-bond acceptors (Lipinski definition) is 4. The molecule has 1 aromatic carbocycles. The molecule has 0 bridgehead atoms. The maximum Gasteiger partial charge on any atom is 0.410 e. The average Bonchev–Trinajstić information content (AvgIpc) is 2.45. The van der Waals surface area contributed by atoms with E-state index in [-0.39, 0.29) is 10.6 Å². The number of ether oxygens (including phenoxy) is 1. The van der Waals surface area contributed by atoms with Crippen molar-refractivity contribution in [1.82, 2.24) is 4.90 Å². The largest absolute Gasteiger partial charge is 0.444 e. The average molecular weight is 285 g/mol. The zero-order chi connectivity index (χ0) is 21.9. The molecule has 0 unspecified atom stereocenters. The van der Waals surface area contributed by atoms with Crippen LogP contribution in [0, 0.1) is 0 Å². The van der Waals surface area contributed by atoms with Gasteiger partial charge in [0.05, 0.1) is 11.0 Å². The van der Waals surface area contributed by atoms with Gasteiger partial charge in [-0.3, -0.25) is 0 Å². The van der Waals surface area contributed by atoms with Gasteiger partial charge in [0.15, 0.2) is 0 Å². The van der Waals surface area contributed by atoms with Crippen molar-refractivity contribution in [1.29, 1.82) is 0 Å². The molecule has 1 aliphatic heterocycles. The molecular weight excluding hydrogens is 254 g/mol. The van der Waals surface area contributed by atoms with Gasteiger partial charge in [-0.25, -0.2) is 4.79 Å². The van der Waals surface area contributed by atoms with Crippen LogP contribution in [0.5, 0.6) is 0 Å². The lowest BCUT2D eigenvalue weighted by molar-refractivity contribution is 0.0240. The molecule has 110 valence electrons. The van der Waals surface area contributed by atoms with E-state index >= 15 is 0 Å². The van der Waals surface area contributed by atoms with Crippen LogP contribution in [0.15, 0.2) is 24.3 Å². The minimum absolute atomic E-state index is 0.138. The second-order valence-electron chi connectivity index (χ2n) is 5.19. The van der Waals surface area contributed by atoms with Gasteiger partial charge >= 0.3 is 6.09 Å². The number of rotatable bonds is 1. The standard InChI is InChI=1S/C15H23N3O2/c1-15(2,3)20-14(19)18-10-8-17(9-11-18)13-6-4-12(16)5-7-13/h4-7H,8-11,16H2,1-3H3/i8D2,9D2,10D2,11D2. The molecule has 5 heteroatoms. The van der Waals surface area contributed by atoms with E-state index in [0.29, 0.717) is 10.6 Å². The van der Waals surface area contributed by atoms with Crippen LogP contribution in [0.1, 0.15) is 31.7 Å². The number of nitrogens with zero attached hydrogens (tertiary/aromatic N) is 2. The molecule has 2 N–H and O–H groups in total. The Kier molecular flexibility index (Phi) is 2.02. The first kappa shape index (κ1) is 7.20. The van der Waals surface area contributed by atoms with E-state index in [1.165, 1.54) is 45.0 Å². The van der Waals surface area contributed by atoms with Gasteiger partial charge in [-0.15, -0.1) is 0 Å². The summed E-state index contributed by atoms with van der Waals surface area (Å²) in [6, 6.07) is 5.21. The second-order valence-corrected chi connectivity index (χ2v) is 5.19. The number of nitrogen functional groups attached to an aromatic ring is 1. The number of hydrogen-bond donors (Lipinski definition) is 1. The van der Waals surface area contributed by atoms with Crippen molar-refractivity contribution in [3.8, 4) is 0 Å². The second kappa shape index (κ2) is 5.61. The summed E-state index contributed by atoms with van der Waals surface area (Å²) in [5.41, 5.74) is 4.64. The first-order valence-electron chi connectivity index (χ1n) is 10.1. The molecule has 1 fully saturated rings. The maximum absolute atomic E-state index is 12.6. The van der Waals surface area contributed by atoms with Crippen LogP contribution >= 0.6 is 0 Å². The van der Waals surface area contributed by atoms with Crippen molar-refractivity contribution in [3.05, 3.63) is 24.3 Å². The Bertz CT molecular complexity index is 734. The topological polar surface area (TPSA) is 58.8 Å². The van der Waals surface area contributed by atoms with E-state index in [1.807, 2.05) is 0 Å². The highest BCUT2D eigenvalue weighted by atomic mass is 16.6. The fraction of sp³-hybridized carbons (Fsp3) is 0.533. The first-order chi connectivity index (χ1) is 12.4. The Labute approximate surface area is 131 Å². The van der Waals surface area contributed by atoms with E-state index in [4.69, 9.17) is 21.4 Å². The van der Waals surface area contributed by atoms with E-state index < -0.39 is 37.7 Å². The Hall–Kier alpha value is -1.91. The highest BCUT2D eigenvalue weighted by molar-refractivity contribution is 5.68. The molecule has 0 spiro atoms. The number of benzene rings is 1. The highest BCUT2D eigenvalue weighted by Crippen LogP contribution is 2.19. The van der Waals surface area contributed by atoms with Gasteiger partial charge in [0.1, 0.15) is 5.60 Å². The van der Waals surface area contributed by atoms with E-state index in [1.54, 1.807) is 0 Å². The first-order valence-corrected chi connectivity index (χ1v) is 6.06. The van der Waals surface area contributed by atoms with Crippen molar-refractivity contribution in [2.24, 2.45) is 0 Å². The summed E-state index contributed by atoms with van der Waals surface area (Å²) in [5, 5.41) is 0. The lowest BCUT2D eigenvalue weighted by atomic mass is 10.2. The zero-order valence-corrected chi connectivity index (χ0v) is 11.6. The van der Waals surface area contributed by atoms with Crippen LogP contribution < -0.4 is 10.6 Å². The van der Waals surface area contributed by atoms with Gasteiger partial charge in [-0.2, -0.15) is 0 Å². The lowest BCUT2D eigenvalue weighted by Gasteiger charge is -2.36. The van der Waals surface area contributed by atoms with Crippen LogP contribution in [0.4, 0.5) is 16.2 Å². The molecule has 1 saturated heterocycles. The summed E-state index contributed by atoms with van der Waals surface area (Å²) in [7, 11) is 0. The van der Waals surface area contributed by atoms with Crippen molar-refractivity contribution in [3.63, 3.8) is 0 Å². The predicted octanol–water partition coefficient (Wildman–Crippen LogP) is 2.33. The smallest absolute Gasteiger partial charge is 0.410 e. The van der Waals surface area contributed by atoms with E-state index in [2.05, 4.69) is 0 Å². The Morgan fingerprint density at radius 2 is 1.75 bits per heavy atom. The number of amides is 1. The fourth-order valence-corrected chi connectivity index (χ4v) is 1.41. The van der Waals surface area contributed by atoms with Gasteiger partial charge < -0.3 is 20.3 Å². The molecule has 5 nitrogen and oxygen atoms in total. The van der Waals surface area contributed by atoms with Gasteiger partial charge in [0.2, 0.25) is 0 Å². The van der Waals surface area contributed by atoms with Crippen molar-refractivity contribution in [2.45, 2.75) is 26.4 Å². The number of piperazine rings is 1. The van der Waals surface area contributed by atoms with E-state index in [0.717, 1.165) is 0 Å². The summed E-state index contributed by atoms with van der Waals surface area (Å²) in [6.07, 6.45) is -1.51.